The van der Waals surface area contributed by atoms with Crippen LogP contribution in [0.2, 0.25) is 20.1 Å². The zero-order valence-corrected chi connectivity index (χ0v) is 38.3. The van der Waals surface area contributed by atoms with Crippen LogP contribution >= 0.6 is 46.4 Å². The highest BCUT2D eigenvalue weighted by atomic mass is 35.5. The summed E-state index contributed by atoms with van der Waals surface area (Å²) in [5.41, 5.74) is -1.83. The Labute approximate surface area is 401 Å². The number of Topliss-reactive ketones (excluding diaryl/α,β-unsaturated/α-hetero) is 2. The van der Waals surface area contributed by atoms with Gasteiger partial charge in [-0.2, -0.15) is 46.8 Å². The highest BCUT2D eigenvalue weighted by Gasteiger charge is 2.34. The van der Waals surface area contributed by atoms with E-state index in [2.05, 4.69) is 41.7 Å². The van der Waals surface area contributed by atoms with E-state index in [1.165, 1.54) is 48.5 Å². The number of benzene rings is 5. The first-order chi connectivity index (χ1) is 31.8. The Balaban J connectivity index is 1.26. The summed E-state index contributed by atoms with van der Waals surface area (Å²) in [5.74, 6) is -5.02. The van der Waals surface area contributed by atoms with Crippen LogP contribution in [0, 0.1) is 13.8 Å². The van der Waals surface area contributed by atoms with Gasteiger partial charge in [-0.1, -0.05) is 58.5 Å². The highest BCUT2D eigenvalue weighted by molar-refractivity contribution is 6.37. The molecule has 0 aromatic heterocycles. The predicted octanol–water partition coefficient (Wildman–Crippen LogP) is 12.8. The van der Waals surface area contributed by atoms with E-state index in [1.54, 1.807) is 13.8 Å². The van der Waals surface area contributed by atoms with Crippen molar-refractivity contribution < 1.29 is 55.1 Å². The number of azo groups is 2. The van der Waals surface area contributed by atoms with Gasteiger partial charge in [0.05, 0.1) is 42.3 Å². The van der Waals surface area contributed by atoms with Gasteiger partial charge < -0.3 is 21.3 Å². The van der Waals surface area contributed by atoms with Crippen molar-refractivity contribution in [3.8, 4) is 0 Å². The number of alkyl halides is 6. The van der Waals surface area contributed by atoms with E-state index >= 15 is 0 Å². The molecule has 0 spiro atoms. The van der Waals surface area contributed by atoms with E-state index in [0.717, 1.165) is 38.1 Å². The molecule has 5 aromatic carbocycles. The monoisotopic (exact) mass is 1020 g/mol. The smallest absolute Gasteiger partial charge is 0.324 e. The molecule has 0 fully saturated rings. The lowest BCUT2D eigenvalue weighted by molar-refractivity contribution is -0.138. The molecule has 2 unspecified atom stereocenters. The summed E-state index contributed by atoms with van der Waals surface area (Å²) in [5, 5.41) is 23.7. The highest BCUT2D eigenvalue weighted by Crippen LogP contribution is 2.38. The Kier molecular flexibility index (Phi) is 16.5. The number of nitrogens with zero attached hydrogens (tertiary/aromatic N) is 4. The third-order valence-electron chi connectivity index (χ3n) is 9.39. The van der Waals surface area contributed by atoms with Crippen molar-refractivity contribution in [3.05, 3.63) is 138 Å². The second-order valence-electron chi connectivity index (χ2n) is 14.5. The number of nitrogens with one attached hydrogen (secondary N) is 4. The Morgan fingerprint density at radius 2 is 0.897 bits per heavy atom. The van der Waals surface area contributed by atoms with Gasteiger partial charge >= 0.3 is 12.4 Å². The molecule has 5 rings (SSSR count). The molecule has 0 radical (unpaired) electrons. The van der Waals surface area contributed by atoms with Crippen LogP contribution in [0.15, 0.2) is 105 Å². The zero-order chi connectivity index (χ0) is 50.4. The molecular formula is C44H32Cl4F6N8O6. The maximum atomic E-state index is 13.4. The number of aryl methyl sites for hydroxylation is 2. The number of hydrogen-bond acceptors (Lipinski definition) is 10. The summed E-state index contributed by atoms with van der Waals surface area (Å²) in [7, 11) is 0. The molecule has 0 heterocycles. The SMILES string of the molecule is CC(=O)C(N=Nc1cccc(C(=O)Nc2ccc(C(F)(F)F)c(Cl)c2)c1Cl)C(=O)Nc1cc(C)c(NC(=O)C(N=Nc2cccc(C(=O)Nc3ccc(C(F)(F)F)c(Cl)c3)c2Cl)C(C)=O)c(C)c1. The van der Waals surface area contributed by atoms with E-state index < -0.39 is 80.8 Å². The van der Waals surface area contributed by atoms with Crippen LogP contribution in [0.5, 0.6) is 0 Å². The van der Waals surface area contributed by atoms with Gasteiger partial charge in [-0.05, 0) is 112 Å². The summed E-state index contributed by atoms with van der Waals surface area (Å²) in [4.78, 5) is 78.0. The van der Waals surface area contributed by atoms with Gasteiger partial charge in [0.2, 0.25) is 12.1 Å². The van der Waals surface area contributed by atoms with E-state index in [0.29, 0.717) is 23.3 Å². The summed E-state index contributed by atoms with van der Waals surface area (Å²) >= 11 is 24.3. The van der Waals surface area contributed by atoms with Crippen LogP contribution in [0.25, 0.3) is 0 Å². The number of halogens is 10. The van der Waals surface area contributed by atoms with Crippen molar-refractivity contribution in [1.82, 2.24) is 0 Å². The van der Waals surface area contributed by atoms with Crippen molar-refractivity contribution in [2.75, 3.05) is 21.3 Å². The number of hydrogen-bond donors (Lipinski definition) is 4. The van der Waals surface area contributed by atoms with Crippen LogP contribution in [0.3, 0.4) is 0 Å². The molecule has 0 bridgehead atoms. The maximum absolute atomic E-state index is 13.4. The Hall–Kier alpha value is -6.74. The molecule has 0 aliphatic rings. The van der Waals surface area contributed by atoms with Crippen molar-refractivity contribution in [2.45, 2.75) is 52.1 Å². The minimum absolute atomic E-state index is 0.0682. The van der Waals surface area contributed by atoms with E-state index in [1.807, 2.05) is 0 Å². The van der Waals surface area contributed by atoms with Gasteiger partial charge in [-0.15, -0.1) is 0 Å². The third kappa shape index (κ3) is 12.8. The number of anilines is 4. The minimum atomic E-state index is -4.72. The lowest BCUT2D eigenvalue weighted by Crippen LogP contribution is -2.33. The predicted molar refractivity (Wildman–Crippen MR) is 243 cm³/mol. The van der Waals surface area contributed by atoms with E-state index in [4.69, 9.17) is 46.4 Å². The first-order valence-corrected chi connectivity index (χ1v) is 20.8. The number of amides is 4. The molecule has 0 saturated heterocycles. The molecular weight excluding hydrogens is 992 g/mol. The van der Waals surface area contributed by atoms with Crippen LogP contribution in [0.4, 0.5) is 60.5 Å². The Morgan fingerprint density at radius 1 is 0.515 bits per heavy atom. The molecule has 0 aliphatic heterocycles. The molecule has 2 atom stereocenters. The normalized spacial score (nSPS) is 12.7. The molecule has 0 aliphatic carbocycles. The van der Waals surface area contributed by atoms with Crippen LogP contribution in [0.1, 0.15) is 56.8 Å². The largest absolute Gasteiger partial charge is 0.417 e. The van der Waals surface area contributed by atoms with Crippen LogP contribution in [-0.4, -0.2) is 47.3 Å². The van der Waals surface area contributed by atoms with Gasteiger partial charge in [-0.3, -0.25) is 28.8 Å². The van der Waals surface area contributed by atoms with Gasteiger partial charge in [0, 0.05) is 22.7 Å². The molecule has 0 saturated carbocycles. The van der Waals surface area contributed by atoms with Crippen molar-refractivity contribution in [2.24, 2.45) is 20.5 Å². The standard InChI is InChI=1S/C44H32Cl4F6N8O6/c1-19-15-25(57-41(67)37(21(3)63)61-59-32-9-5-7-26(34(32)47)39(65)55-23-11-13-28(30(45)17-23)43(49,50)51)16-20(2)36(19)58-42(68)38(22(4)64)62-60-33-10-6-8-27(35(33)48)40(66)56-24-12-14-29(31(46)18-24)44(52,53)54/h5-18,37-38H,1-4H3,(H,55,65)(H,56,66)(H,57,67)(H,58,68). The first-order valence-electron chi connectivity index (χ1n) is 19.3. The molecule has 4 amide bonds. The fraction of sp³-hybridized carbons (Fsp3) is 0.182. The summed E-state index contributed by atoms with van der Waals surface area (Å²) in [6.07, 6.45) is -9.43. The first kappa shape index (κ1) is 52.2. The summed E-state index contributed by atoms with van der Waals surface area (Å²) in [6.45, 7) is 5.29. The number of carbonyl (C=O) groups excluding carboxylic acids is 6. The Morgan fingerprint density at radius 3 is 1.25 bits per heavy atom. The number of ketones is 2. The van der Waals surface area contributed by atoms with Gasteiger partial charge in [0.15, 0.2) is 11.6 Å². The third-order valence-corrected chi connectivity index (χ3v) is 10.8. The van der Waals surface area contributed by atoms with E-state index in [9.17, 15) is 55.1 Å². The van der Waals surface area contributed by atoms with Gasteiger partial charge in [0.1, 0.15) is 11.4 Å². The summed E-state index contributed by atoms with van der Waals surface area (Å²) in [6, 6.07) is 12.6. The second kappa shape index (κ2) is 21.5. The topological polar surface area (TPSA) is 200 Å². The zero-order valence-electron chi connectivity index (χ0n) is 35.3. The number of rotatable bonds is 14. The van der Waals surface area contributed by atoms with Crippen molar-refractivity contribution >= 4 is 116 Å². The van der Waals surface area contributed by atoms with Crippen LogP contribution < -0.4 is 21.3 Å². The molecule has 24 heteroatoms. The minimum Gasteiger partial charge on any atom is -0.324 e. The molecule has 4 N–H and O–H groups in total. The quantitative estimate of drug-likeness (QED) is 0.0484. The fourth-order valence-corrected chi connectivity index (χ4v) is 7.17. The fourth-order valence-electron chi connectivity index (χ4n) is 6.10. The number of carbonyl (C=O) groups is 6. The molecule has 14 nitrogen and oxygen atoms in total. The van der Waals surface area contributed by atoms with Gasteiger partial charge in [0.25, 0.3) is 23.6 Å². The molecule has 68 heavy (non-hydrogen) atoms. The summed E-state index contributed by atoms with van der Waals surface area (Å²) < 4.78 is 78.7. The average molecular weight is 1020 g/mol. The van der Waals surface area contributed by atoms with Crippen molar-refractivity contribution in [1.29, 1.82) is 0 Å². The molecule has 5 aromatic rings. The second-order valence-corrected chi connectivity index (χ2v) is 16.1. The van der Waals surface area contributed by atoms with Gasteiger partial charge in [-0.25, -0.2) is 0 Å². The maximum Gasteiger partial charge on any atom is 0.417 e. The Bertz CT molecular complexity index is 2910. The van der Waals surface area contributed by atoms with Crippen molar-refractivity contribution in [3.63, 3.8) is 0 Å². The van der Waals surface area contributed by atoms with Crippen LogP contribution in [-0.2, 0) is 31.5 Å². The molecule has 354 valence electrons. The lowest BCUT2D eigenvalue weighted by Gasteiger charge is -2.17. The average Bonchev–Trinajstić information content (AvgIpc) is 3.22. The lowest BCUT2D eigenvalue weighted by atomic mass is 10.1. The van der Waals surface area contributed by atoms with E-state index in [-0.39, 0.29) is 55.3 Å².